The van der Waals surface area contributed by atoms with Gasteiger partial charge in [-0.1, -0.05) is 13.8 Å². The summed E-state index contributed by atoms with van der Waals surface area (Å²) in [5, 5.41) is 4.49. The van der Waals surface area contributed by atoms with Gasteiger partial charge in [-0.2, -0.15) is 5.10 Å². The smallest absolute Gasteiger partial charge is 0.399 e. The average molecular weight is 307 g/mol. The Morgan fingerprint density at radius 3 is 2.23 bits per heavy atom. The van der Waals surface area contributed by atoms with Crippen LogP contribution in [-0.2, 0) is 15.9 Å². The molecule has 0 saturated carbocycles. The third-order valence-corrected chi connectivity index (χ3v) is 4.51. The summed E-state index contributed by atoms with van der Waals surface area (Å²) in [5.74, 6) is 0. The zero-order valence-corrected chi connectivity index (χ0v) is 15.3. The van der Waals surface area contributed by atoms with Crippen LogP contribution in [-0.4, -0.2) is 53.6 Å². The predicted molar refractivity (Wildman–Crippen MR) is 90.3 cm³/mol. The van der Waals surface area contributed by atoms with Crippen LogP contribution in [0.25, 0.3) is 0 Å². The molecular formula is C16H30BN3O2. The number of nitrogens with zero attached hydrogens (tertiary/aromatic N) is 3. The van der Waals surface area contributed by atoms with E-state index in [1.165, 1.54) is 0 Å². The van der Waals surface area contributed by atoms with E-state index in [0.717, 1.165) is 18.6 Å². The van der Waals surface area contributed by atoms with Gasteiger partial charge in [-0.3, -0.25) is 4.68 Å². The number of aromatic nitrogens is 2. The van der Waals surface area contributed by atoms with Gasteiger partial charge in [0.1, 0.15) is 0 Å². The normalized spacial score (nSPS) is 20.9. The van der Waals surface area contributed by atoms with Crippen LogP contribution in [0.5, 0.6) is 0 Å². The van der Waals surface area contributed by atoms with E-state index in [1.807, 2.05) is 17.1 Å². The molecule has 0 spiro atoms. The maximum absolute atomic E-state index is 6.07. The molecule has 124 valence electrons. The maximum Gasteiger partial charge on any atom is 0.498 e. The van der Waals surface area contributed by atoms with Crippen LogP contribution in [0.1, 0.15) is 41.5 Å². The molecule has 1 aromatic rings. The van der Waals surface area contributed by atoms with Crippen LogP contribution in [0.15, 0.2) is 12.4 Å². The molecule has 0 atom stereocenters. The van der Waals surface area contributed by atoms with E-state index < -0.39 is 0 Å². The lowest BCUT2D eigenvalue weighted by Crippen LogP contribution is -2.41. The first-order valence-corrected chi connectivity index (χ1v) is 7.95. The lowest BCUT2D eigenvalue weighted by molar-refractivity contribution is 0.00578. The summed E-state index contributed by atoms with van der Waals surface area (Å²) in [4.78, 5) is 2.21. The number of rotatable bonds is 5. The molecule has 0 radical (unpaired) electrons. The van der Waals surface area contributed by atoms with E-state index in [1.54, 1.807) is 0 Å². The molecule has 2 heterocycles. The lowest BCUT2D eigenvalue weighted by Gasteiger charge is -2.32. The Balaban J connectivity index is 2.07. The summed E-state index contributed by atoms with van der Waals surface area (Å²) in [7, 11) is 3.86. The first-order chi connectivity index (χ1) is 9.92. The van der Waals surface area contributed by atoms with E-state index in [9.17, 15) is 0 Å². The van der Waals surface area contributed by atoms with E-state index in [-0.39, 0.29) is 23.7 Å². The summed E-state index contributed by atoms with van der Waals surface area (Å²) in [6.07, 6.45) is 3.90. The van der Waals surface area contributed by atoms with E-state index in [2.05, 4.69) is 65.6 Å². The fraction of sp³-hybridized carbons (Fsp3) is 0.812. The minimum atomic E-state index is -0.337. The largest absolute Gasteiger partial charge is 0.498 e. The fourth-order valence-corrected chi connectivity index (χ4v) is 2.91. The molecule has 0 amide bonds. The molecule has 1 aromatic heterocycles. The van der Waals surface area contributed by atoms with Crippen LogP contribution < -0.4 is 5.46 Å². The van der Waals surface area contributed by atoms with Crippen molar-refractivity contribution < 1.29 is 9.31 Å². The lowest BCUT2D eigenvalue weighted by atomic mass is 9.82. The van der Waals surface area contributed by atoms with Crippen molar-refractivity contribution in [3.8, 4) is 0 Å². The van der Waals surface area contributed by atoms with Gasteiger partial charge < -0.3 is 14.2 Å². The first-order valence-electron chi connectivity index (χ1n) is 7.95. The molecule has 1 aliphatic heterocycles. The Bertz CT molecular complexity index is 507. The van der Waals surface area contributed by atoms with Gasteiger partial charge in [-0.05, 0) is 47.2 Å². The highest BCUT2D eigenvalue weighted by molar-refractivity contribution is 6.61. The van der Waals surface area contributed by atoms with Gasteiger partial charge in [0.15, 0.2) is 0 Å². The van der Waals surface area contributed by atoms with Crippen molar-refractivity contribution in [2.24, 2.45) is 5.41 Å². The zero-order chi connectivity index (χ0) is 16.8. The minimum Gasteiger partial charge on any atom is -0.399 e. The van der Waals surface area contributed by atoms with Crippen molar-refractivity contribution in [1.29, 1.82) is 0 Å². The second kappa shape index (κ2) is 5.66. The van der Waals surface area contributed by atoms with E-state index >= 15 is 0 Å². The molecule has 0 unspecified atom stereocenters. The highest BCUT2D eigenvalue weighted by atomic mass is 16.7. The van der Waals surface area contributed by atoms with Crippen molar-refractivity contribution in [3.05, 3.63) is 12.4 Å². The van der Waals surface area contributed by atoms with Gasteiger partial charge in [0.05, 0.1) is 11.2 Å². The SMILES string of the molecule is CN(C)CC(C)(C)Cn1cc(B2OC(C)(C)C(C)(C)O2)cn1. The Kier molecular flexibility index (Phi) is 4.50. The van der Waals surface area contributed by atoms with Crippen LogP contribution in [0.2, 0.25) is 0 Å². The van der Waals surface area contributed by atoms with Gasteiger partial charge in [-0.25, -0.2) is 0 Å². The Hall–Kier alpha value is -0.845. The molecule has 22 heavy (non-hydrogen) atoms. The van der Waals surface area contributed by atoms with Crippen LogP contribution >= 0.6 is 0 Å². The first kappa shape index (κ1) is 17.5. The van der Waals surface area contributed by atoms with Crippen molar-refractivity contribution in [2.45, 2.75) is 59.3 Å². The fourth-order valence-electron chi connectivity index (χ4n) is 2.91. The van der Waals surface area contributed by atoms with Gasteiger partial charge in [-0.15, -0.1) is 0 Å². The van der Waals surface area contributed by atoms with Gasteiger partial charge in [0, 0.05) is 30.9 Å². The Labute approximate surface area is 135 Å². The summed E-state index contributed by atoms with van der Waals surface area (Å²) in [5.41, 5.74) is 0.510. The molecular weight excluding hydrogens is 277 g/mol. The number of hydrogen-bond acceptors (Lipinski definition) is 4. The van der Waals surface area contributed by atoms with Crippen LogP contribution in [0, 0.1) is 5.41 Å². The third kappa shape index (κ3) is 3.73. The molecule has 5 nitrogen and oxygen atoms in total. The summed E-state index contributed by atoms with van der Waals surface area (Å²) in [6.45, 7) is 14.7. The summed E-state index contributed by atoms with van der Waals surface area (Å²) >= 11 is 0. The van der Waals surface area contributed by atoms with Crippen molar-refractivity contribution >= 4 is 12.6 Å². The quantitative estimate of drug-likeness (QED) is 0.777. The van der Waals surface area contributed by atoms with Gasteiger partial charge in [0.2, 0.25) is 0 Å². The highest BCUT2D eigenvalue weighted by Gasteiger charge is 2.52. The predicted octanol–water partition coefficient (Wildman–Crippen LogP) is 1.77. The van der Waals surface area contributed by atoms with E-state index in [4.69, 9.17) is 9.31 Å². The Morgan fingerprint density at radius 1 is 1.18 bits per heavy atom. The van der Waals surface area contributed by atoms with Crippen molar-refractivity contribution in [3.63, 3.8) is 0 Å². The van der Waals surface area contributed by atoms with Crippen LogP contribution in [0.4, 0.5) is 0 Å². The summed E-state index contributed by atoms with van der Waals surface area (Å²) < 4.78 is 14.1. The molecule has 1 saturated heterocycles. The molecule has 0 aliphatic carbocycles. The second-order valence-electron chi connectivity index (χ2n) is 8.46. The van der Waals surface area contributed by atoms with Crippen molar-refractivity contribution in [1.82, 2.24) is 14.7 Å². The minimum absolute atomic E-state index is 0.155. The molecule has 1 aliphatic rings. The zero-order valence-electron chi connectivity index (χ0n) is 15.3. The highest BCUT2D eigenvalue weighted by Crippen LogP contribution is 2.36. The van der Waals surface area contributed by atoms with E-state index in [0.29, 0.717) is 0 Å². The van der Waals surface area contributed by atoms with Gasteiger partial charge in [0.25, 0.3) is 0 Å². The average Bonchev–Trinajstić information content (AvgIpc) is 2.79. The standard InChI is InChI=1S/C16H30BN3O2/c1-14(2,11-19(7)8)12-20-10-13(9-18-20)17-21-15(3,4)16(5,6)22-17/h9-10H,11-12H2,1-8H3. The number of hydrogen-bond donors (Lipinski definition) is 0. The topological polar surface area (TPSA) is 39.5 Å². The molecule has 0 bridgehead atoms. The van der Waals surface area contributed by atoms with Crippen molar-refractivity contribution in [2.75, 3.05) is 20.6 Å². The van der Waals surface area contributed by atoms with Gasteiger partial charge >= 0.3 is 7.12 Å². The molecule has 1 fully saturated rings. The maximum atomic E-state index is 6.07. The monoisotopic (exact) mass is 307 g/mol. The summed E-state index contributed by atoms with van der Waals surface area (Å²) in [6, 6.07) is 0. The Morgan fingerprint density at radius 2 is 1.73 bits per heavy atom. The second-order valence-corrected chi connectivity index (χ2v) is 8.46. The third-order valence-electron chi connectivity index (χ3n) is 4.51. The molecule has 0 N–H and O–H groups in total. The molecule has 0 aromatic carbocycles. The molecule has 2 rings (SSSR count). The van der Waals surface area contributed by atoms with Crippen LogP contribution in [0.3, 0.4) is 0 Å². The molecule has 6 heteroatoms.